The molecule has 2 aliphatic carbocycles. The molecule has 1 aromatic carbocycles. The minimum absolute atomic E-state index is 0.0216. The van der Waals surface area contributed by atoms with Gasteiger partial charge in [-0.05, 0) is 42.7 Å². The van der Waals surface area contributed by atoms with Gasteiger partial charge in [0.1, 0.15) is 0 Å². The number of nitrogens with one attached hydrogen (secondary N) is 1. The molecule has 0 radical (unpaired) electrons. The van der Waals surface area contributed by atoms with Crippen molar-refractivity contribution in [2.24, 2.45) is 29.2 Å². The van der Waals surface area contributed by atoms with E-state index in [0.717, 1.165) is 24.8 Å². The van der Waals surface area contributed by atoms with Gasteiger partial charge in [-0.1, -0.05) is 18.2 Å². The number of benzene rings is 1. The Morgan fingerprint density at radius 3 is 2.57 bits per heavy atom. The molecule has 4 atom stereocenters. The van der Waals surface area contributed by atoms with Crippen LogP contribution < -0.4 is 16.8 Å². The van der Waals surface area contributed by atoms with Crippen LogP contribution in [0.2, 0.25) is 0 Å². The molecule has 2 amide bonds. The summed E-state index contributed by atoms with van der Waals surface area (Å²) in [5.74, 6) is 0.366. The zero-order chi connectivity index (χ0) is 15.0. The van der Waals surface area contributed by atoms with Crippen molar-refractivity contribution in [2.45, 2.75) is 31.7 Å². The first-order valence-electron chi connectivity index (χ1n) is 7.49. The highest BCUT2D eigenvalue weighted by Crippen LogP contribution is 2.47. The summed E-state index contributed by atoms with van der Waals surface area (Å²) in [6, 6.07) is 7.24. The summed E-state index contributed by atoms with van der Waals surface area (Å²) in [5.41, 5.74) is 12.9. The van der Waals surface area contributed by atoms with Crippen molar-refractivity contribution in [1.82, 2.24) is 0 Å². The largest absolute Gasteiger partial charge is 0.369 e. The highest BCUT2D eigenvalue weighted by molar-refractivity contribution is 5.95. The molecule has 1 aromatic rings. The van der Waals surface area contributed by atoms with E-state index >= 15 is 0 Å². The van der Waals surface area contributed by atoms with Gasteiger partial charge in [-0.25, -0.2) is 0 Å². The first kappa shape index (κ1) is 14.1. The number of carbonyl (C=O) groups excluding carboxylic acids is 2. The Kier molecular flexibility index (Phi) is 3.68. The molecule has 2 saturated carbocycles. The van der Waals surface area contributed by atoms with Crippen LogP contribution in [0.4, 0.5) is 5.69 Å². The number of nitrogens with two attached hydrogens (primary N) is 2. The molecule has 0 saturated heterocycles. The third-order valence-corrected chi connectivity index (χ3v) is 4.92. The molecule has 2 bridgehead atoms. The van der Waals surface area contributed by atoms with Crippen LogP contribution in [0.5, 0.6) is 0 Å². The molecule has 0 aromatic heterocycles. The van der Waals surface area contributed by atoms with Crippen LogP contribution in [-0.4, -0.2) is 17.9 Å². The second-order valence-electron chi connectivity index (χ2n) is 6.23. The fraction of sp³-hybridized carbons (Fsp3) is 0.500. The van der Waals surface area contributed by atoms with Gasteiger partial charge in [0.15, 0.2) is 0 Å². The van der Waals surface area contributed by atoms with Crippen LogP contribution in [0.25, 0.3) is 0 Å². The highest BCUT2D eigenvalue weighted by Gasteiger charge is 2.49. The predicted octanol–water partition coefficient (Wildman–Crippen LogP) is 1.03. The molecule has 0 heterocycles. The third-order valence-electron chi connectivity index (χ3n) is 4.92. The van der Waals surface area contributed by atoms with E-state index in [2.05, 4.69) is 5.32 Å². The first-order valence-corrected chi connectivity index (χ1v) is 7.49. The molecule has 0 spiro atoms. The second kappa shape index (κ2) is 5.48. The molecule has 0 aliphatic heterocycles. The van der Waals surface area contributed by atoms with Crippen molar-refractivity contribution in [3.05, 3.63) is 29.8 Å². The van der Waals surface area contributed by atoms with E-state index in [4.69, 9.17) is 11.5 Å². The Labute approximate surface area is 124 Å². The van der Waals surface area contributed by atoms with Crippen LogP contribution in [0.3, 0.4) is 0 Å². The normalized spacial score (nSPS) is 30.3. The van der Waals surface area contributed by atoms with E-state index in [0.29, 0.717) is 17.5 Å². The molecule has 21 heavy (non-hydrogen) atoms. The van der Waals surface area contributed by atoms with Crippen LogP contribution in [0, 0.1) is 17.8 Å². The summed E-state index contributed by atoms with van der Waals surface area (Å²) in [5, 5.41) is 2.95. The van der Waals surface area contributed by atoms with E-state index in [-0.39, 0.29) is 24.3 Å². The number of para-hydroxylation sites is 1. The minimum atomic E-state index is -0.409. The standard InChI is InChI=1S/C16H21N3O2/c17-13(20)8-9-3-1-2-4-12(9)19-16(21)14-10-5-6-11(7-10)15(14)18/h1-4,10-11,14-15H,5-8,18H2,(H2,17,20)(H,19,21). The number of hydrogen-bond donors (Lipinski definition) is 3. The fourth-order valence-corrected chi connectivity index (χ4v) is 3.93. The van der Waals surface area contributed by atoms with Gasteiger partial charge in [-0.15, -0.1) is 0 Å². The van der Waals surface area contributed by atoms with Gasteiger partial charge in [0.25, 0.3) is 0 Å². The lowest BCUT2D eigenvalue weighted by Gasteiger charge is -2.27. The molecule has 112 valence electrons. The average Bonchev–Trinajstić information content (AvgIpc) is 3.01. The fourth-order valence-electron chi connectivity index (χ4n) is 3.93. The van der Waals surface area contributed by atoms with Crippen LogP contribution >= 0.6 is 0 Å². The van der Waals surface area contributed by atoms with Crippen LogP contribution in [0.15, 0.2) is 24.3 Å². The quantitative estimate of drug-likeness (QED) is 0.771. The predicted molar refractivity (Wildman–Crippen MR) is 80.3 cm³/mol. The van der Waals surface area contributed by atoms with Gasteiger partial charge in [0.05, 0.1) is 12.3 Å². The number of carbonyl (C=O) groups is 2. The van der Waals surface area contributed by atoms with E-state index in [1.54, 1.807) is 12.1 Å². The molecule has 5 N–H and O–H groups in total. The van der Waals surface area contributed by atoms with Crippen molar-refractivity contribution in [3.63, 3.8) is 0 Å². The first-order chi connectivity index (χ1) is 10.1. The van der Waals surface area contributed by atoms with Crippen molar-refractivity contribution in [2.75, 3.05) is 5.32 Å². The van der Waals surface area contributed by atoms with Gasteiger partial charge < -0.3 is 16.8 Å². The van der Waals surface area contributed by atoms with Crippen molar-refractivity contribution in [3.8, 4) is 0 Å². The second-order valence-corrected chi connectivity index (χ2v) is 6.23. The lowest BCUT2D eigenvalue weighted by molar-refractivity contribution is -0.122. The Hall–Kier alpha value is -1.88. The van der Waals surface area contributed by atoms with Crippen molar-refractivity contribution < 1.29 is 9.59 Å². The van der Waals surface area contributed by atoms with Gasteiger partial charge in [-0.3, -0.25) is 9.59 Å². The van der Waals surface area contributed by atoms with Crippen LogP contribution in [0.1, 0.15) is 24.8 Å². The summed E-state index contributed by atoms with van der Waals surface area (Å²) >= 11 is 0. The number of primary amides is 1. The molecule has 2 aliphatic rings. The van der Waals surface area contributed by atoms with Gasteiger partial charge in [0, 0.05) is 11.7 Å². The monoisotopic (exact) mass is 287 g/mol. The third kappa shape index (κ3) is 2.65. The van der Waals surface area contributed by atoms with Gasteiger partial charge in [-0.2, -0.15) is 0 Å². The Bertz CT molecular complexity index is 570. The topological polar surface area (TPSA) is 98.2 Å². The Morgan fingerprint density at radius 2 is 1.90 bits per heavy atom. The van der Waals surface area contributed by atoms with Gasteiger partial charge in [0.2, 0.25) is 11.8 Å². The number of amides is 2. The van der Waals surface area contributed by atoms with Crippen molar-refractivity contribution in [1.29, 1.82) is 0 Å². The molecule has 5 nitrogen and oxygen atoms in total. The summed E-state index contributed by atoms with van der Waals surface area (Å²) in [7, 11) is 0. The maximum Gasteiger partial charge on any atom is 0.229 e. The maximum atomic E-state index is 12.5. The summed E-state index contributed by atoms with van der Waals surface area (Å²) < 4.78 is 0. The minimum Gasteiger partial charge on any atom is -0.369 e. The van der Waals surface area contributed by atoms with E-state index < -0.39 is 5.91 Å². The molecular formula is C16H21N3O2. The molecule has 4 unspecified atom stereocenters. The highest BCUT2D eigenvalue weighted by atomic mass is 16.2. The summed E-state index contributed by atoms with van der Waals surface area (Å²) in [6.45, 7) is 0. The van der Waals surface area contributed by atoms with E-state index in [1.165, 1.54) is 0 Å². The number of fused-ring (bicyclic) bond motifs is 2. The Balaban J connectivity index is 1.75. The molecule has 3 rings (SSSR count). The van der Waals surface area contributed by atoms with Crippen LogP contribution in [-0.2, 0) is 16.0 Å². The smallest absolute Gasteiger partial charge is 0.229 e. The average molecular weight is 287 g/mol. The number of hydrogen-bond acceptors (Lipinski definition) is 3. The summed E-state index contributed by atoms with van der Waals surface area (Å²) in [4.78, 5) is 23.7. The molecule has 5 heteroatoms. The SMILES string of the molecule is NC(=O)Cc1ccccc1NC(=O)C1C2CCC(C2)C1N. The lowest BCUT2D eigenvalue weighted by Crippen LogP contribution is -2.42. The summed E-state index contributed by atoms with van der Waals surface area (Å²) in [6.07, 6.45) is 3.44. The molecule has 2 fully saturated rings. The molecular weight excluding hydrogens is 266 g/mol. The van der Waals surface area contributed by atoms with E-state index in [1.807, 2.05) is 12.1 Å². The lowest BCUT2D eigenvalue weighted by atomic mass is 9.84. The van der Waals surface area contributed by atoms with Gasteiger partial charge >= 0.3 is 0 Å². The Morgan fingerprint density at radius 1 is 1.19 bits per heavy atom. The zero-order valence-electron chi connectivity index (χ0n) is 11.9. The zero-order valence-corrected chi connectivity index (χ0v) is 11.9. The van der Waals surface area contributed by atoms with Crippen molar-refractivity contribution >= 4 is 17.5 Å². The van der Waals surface area contributed by atoms with E-state index in [9.17, 15) is 9.59 Å². The number of rotatable bonds is 4. The maximum absolute atomic E-state index is 12.5. The number of anilines is 1.